The zero-order valence-electron chi connectivity index (χ0n) is 21.7. The molecule has 0 saturated carbocycles. The van der Waals surface area contributed by atoms with Gasteiger partial charge in [0.05, 0.1) is 6.54 Å². The van der Waals surface area contributed by atoms with Crippen LogP contribution in [0.3, 0.4) is 0 Å². The predicted octanol–water partition coefficient (Wildman–Crippen LogP) is 1.65. The van der Waals surface area contributed by atoms with Gasteiger partial charge >= 0.3 is 6.09 Å². The van der Waals surface area contributed by atoms with Gasteiger partial charge in [-0.2, -0.15) is 5.06 Å². The Labute approximate surface area is 216 Å². The summed E-state index contributed by atoms with van der Waals surface area (Å²) in [7, 11) is 1.48. The van der Waals surface area contributed by atoms with Crippen LogP contribution in [0.25, 0.3) is 0 Å². The summed E-state index contributed by atoms with van der Waals surface area (Å²) >= 11 is 0. The second-order valence-electron chi connectivity index (χ2n) is 9.87. The topological polar surface area (TPSA) is 136 Å². The van der Waals surface area contributed by atoms with Crippen LogP contribution in [0.4, 0.5) is 4.79 Å². The van der Waals surface area contributed by atoms with Crippen molar-refractivity contribution in [3.8, 4) is 0 Å². The molecule has 0 spiro atoms. The number of nitrogens with one attached hydrogen (secondary N) is 2. The van der Waals surface area contributed by atoms with E-state index in [1.54, 1.807) is 20.8 Å². The second-order valence-corrected chi connectivity index (χ2v) is 9.87. The van der Waals surface area contributed by atoms with Gasteiger partial charge in [-0.1, -0.05) is 30.3 Å². The molecule has 1 aromatic carbocycles. The lowest BCUT2D eigenvalue weighted by Crippen LogP contribution is -2.53. The number of likely N-dealkylation sites (N-methyl/N-ethyl adjacent to an activating group) is 1. The number of amides is 4. The minimum absolute atomic E-state index is 0.254. The van der Waals surface area contributed by atoms with Crippen molar-refractivity contribution in [2.45, 2.75) is 76.8 Å². The zero-order valence-corrected chi connectivity index (χ0v) is 21.7. The standard InChI is InChI=1S/C25H36N4O8/c1-25(2,3)34-24(33)29-15-9-13-19(37-29)23(32)28-14-8-12-18(36-28)22(31)27-35-20(21(30)26-4)16-17-10-6-5-7-11-17/h5-7,10-11,18-20H,8-9,12-16H2,1-4H3,(H,26,30)(H,27,31)/t18-,19-,20-/m0/s1. The highest BCUT2D eigenvalue weighted by molar-refractivity contribution is 5.83. The molecule has 12 heteroatoms. The number of hydrogen-bond acceptors (Lipinski definition) is 8. The van der Waals surface area contributed by atoms with Gasteiger partial charge in [0.25, 0.3) is 17.7 Å². The number of nitrogens with zero attached hydrogens (tertiary/aromatic N) is 2. The normalized spacial score (nSPS) is 21.1. The summed E-state index contributed by atoms with van der Waals surface area (Å²) < 4.78 is 5.32. The number of rotatable bonds is 7. The summed E-state index contributed by atoms with van der Waals surface area (Å²) in [6, 6.07) is 9.26. The number of benzene rings is 1. The highest BCUT2D eigenvalue weighted by Crippen LogP contribution is 2.22. The molecule has 3 atom stereocenters. The Morgan fingerprint density at radius 2 is 1.62 bits per heavy atom. The Hall–Kier alpha value is -3.22. The molecule has 0 radical (unpaired) electrons. The third-order valence-corrected chi connectivity index (χ3v) is 5.68. The van der Waals surface area contributed by atoms with Crippen molar-refractivity contribution in [3.63, 3.8) is 0 Å². The molecular formula is C25H36N4O8. The minimum Gasteiger partial charge on any atom is -0.442 e. The molecule has 2 N–H and O–H groups in total. The molecule has 3 rings (SSSR count). The van der Waals surface area contributed by atoms with E-state index >= 15 is 0 Å². The Morgan fingerprint density at radius 1 is 1.00 bits per heavy atom. The number of ether oxygens (including phenoxy) is 1. The molecule has 12 nitrogen and oxygen atoms in total. The molecule has 0 unspecified atom stereocenters. The number of hydrogen-bond donors (Lipinski definition) is 2. The van der Waals surface area contributed by atoms with Gasteiger partial charge in [0.1, 0.15) is 5.60 Å². The molecule has 2 saturated heterocycles. The first-order valence-electron chi connectivity index (χ1n) is 12.4. The van der Waals surface area contributed by atoms with Crippen LogP contribution in [0.5, 0.6) is 0 Å². The maximum atomic E-state index is 13.1. The first kappa shape index (κ1) is 28.4. The van der Waals surface area contributed by atoms with E-state index in [4.69, 9.17) is 19.2 Å². The average molecular weight is 521 g/mol. The van der Waals surface area contributed by atoms with E-state index in [1.165, 1.54) is 7.05 Å². The lowest BCUT2D eigenvalue weighted by atomic mass is 10.1. The largest absolute Gasteiger partial charge is 0.442 e. The molecule has 0 aromatic heterocycles. The van der Waals surface area contributed by atoms with Crippen molar-refractivity contribution < 1.29 is 38.4 Å². The second kappa shape index (κ2) is 12.8. The van der Waals surface area contributed by atoms with Crippen LogP contribution in [-0.4, -0.2) is 78.0 Å². The number of hydroxylamine groups is 5. The van der Waals surface area contributed by atoms with Crippen molar-refractivity contribution in [2.75, 3.05) is 20.1 Å². The minimum atomic E-state index is -0.995. The Bertz CT molecular complexity index is 952. The summed E-state index contributed by atoms with van der Waals surface area (Å²) in [5.41, 5.74) is 2.47. The Balaban J connectivity index is 1.54. The van der Waals surface area contributed by atoms with Crippen LogP contribution in [0.15, 0.2) is 30.3 Å². The fourth-order valence-corrected chi connectivity index (χ4v) is 3.85. The maximum Gasteiger partial charge on any atom is 0.434 e. The highest BCUT2D eigenvalue weighted by Gasteiger charge is 2.38. The maximum absolute atomic E-state index is 13.1. The van der Waals surface area contributed by atoms with Gasteiger partial charge in [-0.3, -0.25) is 28.9 Å². The van der Waals surface area contributed by atoms with Gasteiger partial charge in [0.15, 0.2) is 18.3 Å². The summed E-state index contributed by atoms with van der Waals surface area (Å²) in [4.78, 5) is 67.1. The summed E-state index contributed by atoms with van der Waals surface area (Å²) in [5, 5.41) is 4.66. The van der Waals surface area contributed by atoms with Crippen LogP contribution in [-0.2, 0) is 40.1 Å². The quantitative estimate of drug-likeness (QED) is 0.518. The lowest BCUT2D eigenvalue weighted by Gasteiger charge is -2.37. The summed E-state index contributed by atoms with van der Waals surface area (Å²) in [5.74, 6) is -1.49. The van der Waals surface area contributed by atoms with E-state index in [0.29, 0.717) is 32.2 Å². The SMILES string of the molecule is CNC(=O)[C@H](Cc1ccccc1)ONC(=O)[C@@H]1CCCN(C(=O)[C@@H]2CCCN(C(=O)OC(C)(C)C)O2)O1. The summed E-state index contributed by atoms with van der Waals surface area (Å²) in [6.07, 6.45) is -1.49. The lowest BCUT2D eigenvalue weighted by molar-refractivity contribution is -0.251. The van der Waals surface area contributed by atoms with Crippen LogP contribution in [0, 0.1) is 0 Å². The number of carbonyl (C=O) groups excluding carboxylic acids is 4. The molecule has 204 valence electrons. The van der Waals surface area contributed by atoms with Gasteiger partial charge in [-0.25, -0.2) is 15.3 Å². The zero-order chi connectivity index (χ0) is 27.0. The molecular weight excluding hydrogens is 484 g/mol. The fraction of sp³-hybridized carbons (Fsp3) is 0.600. The molecule has 2 aliphatic rings. The average Bonchev–Trinajstić information content (AvgIpc) is 2.89. The van der Waals surface area contributed by atoms with E-state index < -0.39 is 47.7 Å². The Morgan fingerprint density at radius 3 is 2.27 bits per heavy atom. The number of carbonyl (C=O) groups is 4. The first-order chi connectivity index (χ1) is 17.6. The van der Waals surface area contributed by atoms with Crippen LogP contribution in [0.2, 0.25) is 0 Å². The third-order valence-electron chi connectivity index (χ3n) is 5.68. The molecule has 1 aromatic rings. The van der Waals surface area contributed by atoms with Crippen LogP contribution in [0.1, 0.15) is 52.0 Å². The van der Waals surface area contributed by atoms with E-state index in [2.05, 4.69) is 10.8 Å². The van der Waals surface area contributed by atoms with E-state index in [9.17, 15) is 19.2 Å². The third kappa shape index (κ3) is 8.41. The van der Waals surface area contributed by atoms with Crippen molar-refractivity contribution in [1.82, 2.24) is 20.9 Å². The van der Waals surface area contributed by atoms with Crippen molar-refractivity contribution in [3.05, 3.63) is 35.9 Å². The highest BCUT2D eigenvalue weighted by atomic mass is 16.8. The van der Waals surface area contributed by atoms with Crippen LogP contribution >= 0.6 is 0 Å². The van der Waals surface area contributed by atoms with E-state index in [0.717, 1.165) is 15.7 Å². The van der Waals surface area contributed by atoms with Crippen LogP contribution < -0.4 is 10.8 Å². The molecule has 2 heterocycles. The van der Waals surface area contributed by atoms with Gasteiger partial charge in [0.2, 0.25) is 0 Å². The first-order valence-corrected chi connectivity index (χ1v) is 12.4. The monoisotopic (exact) mass is 520 g/mol. The fourth-order valence-electron chi connectivity index (χ4n) is 3.85. The van der Waals surface area contributed by atoms with Gasteiger partial charge < -0.3 is 10.1 Å². The van der Waals surface area contributed by atoms with E-state index in [-0.39, 0.29) is 13.0 Å². The van der Waals surface area contributed by atoms with Gasteiger partial charge in [-0.15, -0.1) is 0 Å². The summed E-state index contributed by atoms with van der Waals surface area (Å²) in [6.45, 7) is 5.80. The molecule has 0 bridgehead atoms. The van der Waals surface area contributed by atoms with Gasteiger partial charge in [-0.05, 0) is 52.0 Å². The van der Waals surface area contributed by atoms with Crippen molar-refractivity contribution in [2.24, 2.45) is 0 Å². The van der Waals surface area contributed by atoms with Gasteiger partial charge in [0, 0.05) is 20.0 Å². The van der Waals surface area contributed by atoms with Crippen molar-refractivity contribution >= 4 is 23.8 Å². The molecule has 2 aliphatic heterocycles. The van der Waals surface area contributed by atoms with Crippen molar-refractivity contribution in [1.29, 1.82) is 0 Å². The van der Waals surface area contributed by atoms with E-state index in [1.807, 2.05) is 30.3 Å². The smallest absolute Gasteiger partial charge is 0.434 e. The Kier molecular flexibility index (Phi) is 9.84. The molecule has 37 heavy (non-hydrogen) atoms. The predicted molar refractivity (Wildman–Crippen MR) is 130 cm³/mol. The molecule has 2 fully saturated rings. The molecule has 0 aliphatic carbocycles. The molecule has 4 amide bonds.